The highest BCUT2D eigenvalue weighted by Gasteiger charge is 2.24. The molecule has 138 valence electrons. The molecular weight excluding hydrogens is 368 g/mol. The van der Waals surface area contributed by atoms with Crippen molar-refractivity contribution in [3.8, 4) is 0 Å². The number of hydrogen-bond donors (Lipinski definition) is 1. The van der Waals surface area contributed by atoms with Gasteiger partial charge in [-0.1, -0.05) is 31.4 Å². The van der Waals surface area contributed by atoms with Crippen molar-refractivity contribution in [2.24, 2.45) is 0 Å². The van der Waals surface area contributed by atoms with Crippen molar-refractivity contribution in [1.29, 1.82) is 0 Å². The van der Waals surface area contributed by atoms with E-state index in [0.717, 1.165) is 29.2 Å². The number of carbonyl (C=O) groups is 2. The summed E-state index contributed by atoms with van der Waals surface area (Å²) in [4.78, 5) is 27.6. The zero-order chi connectivity index (χ0) is 18.9. The maximum absolute atomic E-state index is 12.8. The lowest BCUT2D eigenvalue weighted by Gasteiger charge is -2.30. The molecule has 0 atom stereocenters. The largest absolute Gasteiger partial charge is 0.326 e. The molecule has 1 aliphatic rings. The number of allylic oxidation sites excluding steroid dienone is 2. The van der Waals surface area contributed by atoms with Gasteiger partial charge in [-0.2, -0.15) is 0 Å². The molecule has 1 aromatic rings. The number of thioether (sulfide) groups is 1. The monoisotopic (exact) mass is 390 g/mol. The molecule has 1 N–H and O–H groups in total. The molecular formula is C20H23ClN2O2S. The van der Waals surface area contributed by atoms with E-state index < -0.39 is 0 Å². The van der Waals surface area contributed by atoms with E-state index in [-0.39, 0.29) is 11.8 Å². The highest BCUT2D eigenvalue weighted by molar-refractivity contribution is 7.99. The van der Waals surface area contributed by atoms with E-state index in [1.807, 2.05) is 18.2 Å². The number of amides is 2. The van der Waals surface area contributed by atoms with Crippen LogP contribution in [0.2, 0.25) is 0 Å². The van der Waals surface area contributed by atoms with Crippen molar-refractivity contribution < 1.29 is 9.59 Å². The standard InChI is InChI=1S/C20H23ClN2O2S/c1-3-7-15(4-2)20(25)23-12-13-26-18-10-9-16(14-17(18)23)22-19(24)8-5-6-11-21/h3-4,7,9-10,14H,1-2,5-6,8,11-13H2,(H,22,24)/b15-7+. The van der Waals surface area contributed by atoms with Crippen molar-refractivity contribution in [3.63, 3.8) is 0 Å². The maximum atomic E-state index is 12.8. The van der Waals surface area contributed by atoms with Gasteiger partial charge in [0.2, 0.25) is 5.91 Å². The lowest BCUT2D eigenvalue weighted by Crippen LogP contribution is -2.36. The quantitative estimate of drug-likeness (QED) is 0.301. The Morgan fingerprint density at radius 2 is 2.12 bits per heavy atom. The van der Waals surface area contributed by atoms with E-state index in [4.69, 9.17) is 11.6 Å². The van der Waals surface area contributed by atoms with Crippen LogP contribution in [0.4, 0.5) is 11.4 Å². The van der Waals surface area contributed by atoms with E-state index >= 15 is 0 Å². The molecule has 0 aliphatic carbocycles. The lowest BCUT2D eigenvalue weighted by molar-refractivity contribution is -0.116. The van der Waals surface area contributed by atoms with E-state index in [1.54, 1.807) is 28.8 Å². The van der Waals surface area contributed by atoms with Crippen molar-refractivity contribution in [2.75, 3.05) is 28.4 Å². The Morgan fingerprint density at radius 3 is 2.81 bits per heavy atom. The molecule has 1 aromatic carbocycles. The summed E-state index contributed by atoms with van der Waals surface area (Å²) in [5.41, 5.74) is 1.99. The number of anilines is 2. The number of hydrogen-bond acceptors (Lipinski definition) is 3. The van der Waals surface area contributed by atoms with Crippen LogP contribution in [0.1, 0.15) is 19.3 Å². The van der Waals surface area contributed by atoms with Gasteiger partial charge in [0.1, 0.15) is 0 Å². The van der Waals surface area contributed by atoms with Crippen molar-refractivity contribution in [1.82, 2.24) is 0 Å². The first-order valence-electron chi connectivity index (χ1n) is 8.50. The predicted octanol–water partition coefficient (Wildman–Crippen LogP) is 4.77. The van der Waals surface area contributed by atoms with Crippen LogP contribution in [0.3, 0.4) is 0 Å². The lowest BCUT2D eigenvalue weighted by atomic mass is 10.1. The number of fused-ring (bicyclic) bond motifs is 1. The molecule has 6 heteroatoms. The van der Waals surface area contributed by atoms with Crippen molar-refractivity contribution in [2.45, 2.75) is 24.2 Å². The van der Waals surface area contributed by atoms with Gasteiger partial charge in [-0.15, -0.1) is 23.4 Å². The molecule has 4 nitrogen and oxygen atoms in total. The molecule has 0 radical (unpaired) electrons. The summed E-state index contributed by atoms with van der Waals surface area (Å²) in [6.45, 7) is 7.95. The van der Waals surface area contributed by atoms with E-state index in [9.17, 15) is 9.59 Å². The van der Waals surface area contributed by atoms with Crippen molar-refractivity contribution >= 4 is 46.6 Å². The maximum Gasteiger partial charge on any atom is 0.258 e. The molecule has 26 heavy (non-hydrogen) atoms. The highest BCUT2D eigenvalue weighted by Crippen LogP contribution is 2.37. The minimum absolute atomic E-state index is 0.0465. The van der Waals surface area contributed by atoms with Gasteiger partial charge in [0.25, 0.3) is 5.91 Å². The summed E-state index contributed by atoms with van der Waals surface area (Å²) in [5.74, 6) is 1.22. The zero-order valence-corrected chi connectivity index (χ0v) is 16.2. The Bertz CT molecular complexity index is 731. The van der Waals surface area contributed by atoms with Crippen molar-refractivity contribution in [3.05, 3.63) is 55.2 Å². The number of halogens is 1. The summed E-state index contributed by atoms with van der Waals surface area (Å²) in [7, 11) is 0. The SMILES string of the molecule is C=C/C=C(\C=C)C(=O)N1CCSc2ccc(NC(=O)CCCCCl)cc21. The fourth-order valence-corrected chi connectivity index (χ4v) is 3.78. The Hall–Kier alpha value is -1.98. The summed E-state index contributed by atoms with van der Waals surface area (Å²) >= 11 is 7.34. The molecule has 0 fully saturated rings. The van der Waals surface area contributed by atoms with Gasteiger partial charge in [0.15, 0.2) is 0 Å². The summed E-state index contributed by atoms with van der Waals surface area (Å²) in [6, 6.07) is 5.67. The first kappa shape index (κ1) is 20.3. The van der Waals surface area contributed by atoms with E-state index in [2.05, 4.69) is 18.5 Å². The second-order valence-electron chi connectivity index (χ2n) is 5.74. The van der Waals surface area contributed by atoms with Crippen LogP contribution in [-0.2, 0) is 9.59 Å². The van der Waals surface area contributed by atoms with Crippen LogP contribution in [-0.4, -0.2) is 30.0 Å². The third-order valence-corrected chi connectivity index (χ3v) is 5.21. The number of benzene rings is 1. The molecule has 0 unspecified atom stereocenters. The number of nitrogens with zero attached hydrogens (tertiary/aromatic N) is 1. The number of unbranched alkanes of at least 4 members (excludes halogenated alkanes) is 1. The van der Waals surface area contributed by atoms with Crippen LogP contribution >= 0.6 is 23.4 Å². The second-order valence-corrected chi connectivity index (χ2v) is 7.26. The van der Waals surface area contributed by atoms with Gasteiger partial charge in [-0.05, 0) is 31.0 Å². The van der Waals surface area contributed by atoms with Gasteiger partial charge in [0.05, 0.1) is 5.69 Å². The molecule has 1 heterocycles. The Morgan fingerprint density at radius 1 is 1.31 bits per heavy atom. The Kier molecular flexibility index (Phi) is 8.01. The molecule has 0 aromatic heterocycles. The molecule has 0 spiro atoms. The number of rotatable bonds is 8. The van der Waals surface area contributed by atoms with Crippen LogP contribution in [0.25, 0.3) is 0 Å². The Balaban J connectivity index is 2.20. The second kappa shape index (κ2) is 10.2. The summed E-state index contributed by atoms with van der Waals surface area (Å²) < 4.78 is 0. The molecule has 2 amide bonds. The molecule has 0 bridgehead atoms. The third kappa shape index (κ3) is 5.26. The van der Waals surface area contributed by atoms with E-state index in [0.29, 0.717) is 30.1 Å². The van der Waals surface area contributed by atoms with Crippen LogP contribution in [0, 0.1) is 0 Å². The van der Waals surface area contributed by atoms with E-state index in [1.165, 1.54) is 6.08 Å². The van der Waals surface area contributed by atoms with Gasteiger partial charge < -0.3 is 10.2 Å². The van der Waals surface area contributed by atoms with Crippen LogP contribution in [0.15, 0.2) is 60.1 Å². The fourth-order valence-electron chi connectivity index (χ4n) is 2.62. The first-order valence-corrected chi connectivity index (χ1v) is 10.0. The average Bonchev–Trinajstić information content (AvgIpc) is 2.65. The van der Waals surface area contributed by atoms with Gasteiger partial charge >= 0.3 is 0 Å². The van der Waals surface area contributed by atoms with Gasteiger partial charge in [-0.25, -0.2) is 0 Å². The number of nitrogens with one attached hydrogen (secondary N) is 1. The fraction of sp³-hybridized carbons (Fsp3) is 0.300. The van der Waals surface area contributed by atoms with Gasteiger partial charge in [-0.3, -0.25) is 9.59 Å². The smallest absolute Gasteiger partial charge is 0.258 e. The predicted molar refractivity (Wildman–Crippen MR) is 111 cm³/mol. The number of carbonyl (C=O) groups excluding carboxylic acids is 2. The topological polar surface area (TPSA) is 49.4 Å². The third-order valence-electron chi connectivity index (χ3n) is 3.90. The number of alkyl halides is 1. The zero-order valence-electron chi connectivity index (χ0n) is 14.7. The summed E-state index contributed by atoms with van der Waals surface area (Å²) in [5, 5.41) is 2.90. The normalized spacial score (nSPS) is 13.7. The molecule has 0 saturated heterocycles. The van der Waals surface area contributed by atoms with Crippen LogP contribution in [0.5, 0.6) is 0 Å². The molecule has 0 saturated carbocycles. The molecule has 1 aliphatic heterocycles. The average molecular weight is 391 g/mol. The van der Waals surface area contributed by atoms with Gasteiger partial charge in [0, 0.05) is 40.8 Å². The van der Waals surface area contributed by atoms with Crippen LogP contribution < -0.4 is 10.2 Å². The first-order chi connectivity index (χ1) is 12.6. The molecule has 2 rings (SSSR count). The Labute approximate surface area is 164 Å². The minimum atomic E-state index is -0.118. The highest BCUT2D eigenvalue weighted by atomic mass is 35.5. The summed E-state index contributed by atoms with van der Waals surface area (Å²) in [6.07, 6.45) is 6.77. The minimum Gasteiger partial charge on any atom is -0.326 e.